The Labute approximate surface area is 132 Å². The van der Waals surface area contributed by atoms with Crippen LogP contribution in [0.1, 0.15) is 5.56 Å². The van der Waals surface area contributed by atoms with Crippen molar-refractivity contribution >= 4 is 39.7 Å². The average Bonchev–Trinajstić information content (AvgIpc) is 2.46. The highest BCUT2D eigenvalue weighted by Crippen LogP contribution is 2.27. The largest absolute Gasteiger partial charge is 0.439 e. The van der Waals surface area contributed by atoms with Gasteiger partial charge in [0.2, 0.25) is 5.88 Å². The zero-order valence-corrected chi connectivity index (χ0v) is 12.5. The number of rotatable bonds is 3. The van der Waals surface area contributed by atoms with Crippen LogP contribution >= 0.6 is 23.8 Å². The Bertz CT molecular complexity index is 835. The van der Waals surface area contributed by atoms with Crippen LogP contribution in [0, 0.1) is 0 Å². The van der Waals surface area contributed by atoms with E-state index in [1.807, 2.05) is 36.4 Å². The summed E-state index contributed by atoms with van der Waals surface area (Å²) in [6.45, 7) is 0. The number of benzene rings is 2. The lowest BCUT2D eigenvalue weighted by Crippen LogP contribution is -2.10. The molecule has 5 heteroatoms. The summed E-state index contributed by atoms with van der Waals surface area (Å²) in [5.74, 6) is 1.04. The van der Waals surface area contributed by atoms with Crippen molar-refractivity contribution in [3.63, 3.8) is 0 Å². The molecule has 0 fully saturated rings. The van der Waals surface area contributed by atoms with Gasteiger partial charge in [0.25, 0.3) is 0 Å². The lowest BCUT2D eigenvalue weighted by Gasteiger charge is -2.09. The summed E-state index contributed by atoms with van der Waals surface area (Å²) in [5.41, 5.74) is 7.31. The van der Waals surface area contributed by atoms with Crippen LogP contribution in [-0.4, -0.2) is 9.97 Å². The molecule has 0 unspecified atom stereocenters. The van der Waals surface area contributed by atoms with Gasteiger partial charge in [-0.3, -0.25) is 0 Å². The van der Waals surface area contributed by atoms with E-state index in [9.17, 15) is 0 Å². The number of hydrogen-bond acceptors (Lipinski definition) is 3. The summed E-state index contributed by atoms with van der Waals surface area (Å²) >= 11 is 11.1. The fraction of sp³-hybridized carbons (Fsp3) is 0. The summed E-state index contributed by atoms with van der Waals surface area (Å²) in [6, 6.07) is 16.5. The van der Waals surface area contributed by atoms with Gasteiger partial charge in [-0.1, -0.05) is 48.1 Å². The number of thiocarbonyl (C=S) groups is 1. The van der Waals surface area contributed by atoms with Gasteiger partial charge in [-0.05, 0) is 24.3 Å². The first-order valence-corrected chi connectivity index (χ1v) is 7.05. The van der Waals surface area contributed by atoms with Crippen LogP contribution in [0.15, 0.2) is 54.6 Å². The zero-order chi connectivity index (χ0) is 14.8. The van der Waals surface area contributed by atoms with Gasteiger partial charge in [-0.15, -0.1) is 0 Å². The smallest absolute Gasteiger partial charge is 0.220 e. The number of fused-ring (bicyclic) bond motifs is 1. The van der Waals surface area contributed by atoms with E-state index < -0.39 is 0 Å². The second-order valence-electron chi connectivity index (χ2n) is 4.45. The lowest BCUT2D eigenvalue weighted by atomic mass is 10.1. The van der Waals surface area contributed by atoms with Crippen molar-refractivity contribution in [1.29, 1.82) is 0 Å². The second kappa shape index (κ2) is 5.68. The molecule has 0 saturated heterocycles. The average molecular weight is 315 g/mol. The van der Waals surface area contributed by atoms with Crippen LogP contribution < -0.4 is 10.5 Å². The molecule has 2 aromatic carbocycles. The van der Waals surface area contributed by atoms with Crippen molar-refractivity contribution in [1.82, 2.24) is 4.98 Å². The fourth-order valence-electron chi connectivity index (χ4n) is 2.06. The Morgan fingerprint density at radius 3 is 2.67 bits per heavy atom. The van der Waals surface area contributed by atoms with Crippen molar-refractivity contribution in [2.75, 3.05) is 0 Å². The molecule has 0 aliphatic carbocycles. The molecule has 0 aliphatic heterocycles. The van der Waals surface area contributed by atoms with Gasteiger partial charge in [0.05, 0.1) is 5.52 Å². The number of nitrogens with zero attached hydrogens (tertiary/aromatic N) is 1. The minimum absolute atomic E-state index is 0.310. The van der Waals surface area contributed by atoms with E-state index >= 15 is 0 Å². The molecule has 104 valence electrons. The first kappa shape index (κ1) is 13.8. The van der Waals surface area contributed by atoms with E-state index in [1.54, 1.807) is 18.2 Å². The van der Waals surface area contributed by atoms with Crippen LogP contribution in [0.2, 0.25) is 5.02 Å². The molecule has 0 bridgehead atoms. The maximum atomic E-state index is 5.95. The number of para-hydroxylation sites is 1. The monoisotopic (exact) mass is 314 g/mol. The Hall–Kier alpha value is -2.17. The molecule has 0 saturated carbocycles. The van der Waals surface area contributed by atoms with Gasteiger partial charge in [-0.2, -0.15) is 0 Å². The molecular weight excluding hydrogens is 304 g/mol. The van der Waals surface area contributed by atoms with Gasteiger partial charge in [0.15, 0.2) is 0 Å². The first-order chi connectivity index (χ1) is 10.1. The molecule has 0 radical (unpaired) electrons. The summed E-state index contributed by atoms with van der Waals surface area (Å²) in [4.78, 5) is 4.77. The molecule has 3 aromatic rings. The number of nitrogens with two attached hydrogens (primary N) is 1. The predicted molar refractivity (Wildman–Crippen MR) is 89.2 cm³/mol. The highest BCUT2D eigenvalue weighted by atomic mass is 35.5. The second-order valence-corrected chi connectivity index (χ2v) is 5.33. The minimum atomic E-state index is 0.310. The van der Waals surface area contributed by atoms with Crippen LogP contribution in [-0.2, 0) is 0 Å². The van der Waals surface area contributed by atoms with E-state index in [1.165, 1.54) is 0 Å². The Morgan fingerprint density at radius 2 is 1.90 bits per heavy atom. The normalized spacial score (nSPS) is 10.5. The molecule has 0 spiro atoms. The molecule has 0 atom stereocenters. The lowest BCUT2D eigenvalue weighted by molar-refractivity contribution is 0.465. The maximum absolute atomic E-state index is 5.95. The third kappa shape index (κ3) is 2.96. The van der Waals surface area contributed by atoms with Gasteiger partial charge >= 0.3 is 0 Å². The van der Waals surface area contributed by atoms with Crippen molar-refractivity contribution < 1.29 is 4.74 Å². The van der Waals surface area contributed by atoms with Crippen molar-refractivity contribution in [3.05, 3.63) is 65.2 Å². The SMILES string of the molecule is NC(=S)c1cc(Oc2cccc(Cl)c2)nc2ccccc12. The van der Waals surface area contributed by atoms with Gasteiger partial charge in [0, 0.05) is 22.0 Å². The van der Waals surface area contributed by atoms with Gasteiger partial charge in [-0.25, -0.2) is 4.98 Å². The molecule has 1 aromatic heterocycles. The zero-order valence-electron chi connectivity index (χ0n) is 10.9. The third-order valence-corrected chi connectivity index (χ3v) is 3.43. The fourth-order valence-corrected chi connectivity index (χ4v) is 2.41. The Morgan fingerprint density at radius 1 is 1.10 bits per heavy atom. The molecular formula is C16H11ClN2OS. The van der Waals surface area contributed by atoms with Crippen LogP contribution in [0.5, 0.6) is 11.6 Å². The Balaban J connectivity index is 2.09. The van der Waals surface area contributed by atoms with E-state index in [4.69, 9.17) is 34.3 Å². The third-order valence-electron chi connectivity index (χ3n) is 2.98. The van der Waals surface area contributed by atoms with Gasteiger partial charge < -0.3 is 10.5 Å². The molecule has 3 rings (SSSR count). The van der Waals surface area contributed by atoms with Crippen molar-refractivity contribution in [2.45, 2.75) is 0 Å². The molecule has 1 heterocycles. The molecule has 2 N–H and O–H groups in total. The van der Waals surface area contributed by atoms with Crippen LogP contribution in [0.3, 0.4) is 0 Å². The van der Waals surface area contributed by atoms with E-state index in [2.05, 4.69) is 4.98 Å². The van der Waals surface area contributed by atoms with Crippen molar-refractivity contribution in [2.24, 2.45) is 5.73 Å². The minimum Gasteiger partial charge on any atom is -0.439 e. The Kier molecular flexibility index (Phi) is 3.73. The highest BCUT2D eigenvalue weighted by Gasteiger charge is 2.09. The predicted octanol–water partition coefficient (Wildman–Crippen LogP) is 4.31. The summed E-state index contributed by atoms with van der Waals surface area (Å²) in [6.07, 6.45) is 0. The van der Waals surface area contributed by atoms with Gasteiger partial charge in [0.1, 0.15) is 10.7 Å². The quantitative estimate of drug-likeness (QED) is 0.732. The number of hydrogen-bond donors (Lipinski definition) is 1. The molecule has 0 aliphatic rings. The van der Waals surface area contributed by atoms with E-state index in [0.29, 0.717) is 21.6 Å². The highest BCUT2D eigenvalue weighted by molar-refractivity contribution is 7.80. The number of ether oxygens (including phenoxy) is 1. The standard InChI is InChI=1S/C16H11ClN2OS/c17-10-4-3-5-11(8-10)20-15-9-13(16(18)21)12-6-1-2-7-14(12)19-15/h1-9H,(H2,18,21). The molecule has 21 heavy (non-hydrogen) atoms. The topological polar surface area (TPSA) is 48.1 Å². The van der Waals surface area contributed by atoms with E-state index in [0.717, 1.165) is 16.5 Å². The van der Waals surface area contributed by atoms with Crippen LogP contribution in [0.25, 0.3) is 10.9 Å². The van der Waals surface area contributed by atoms with Crippen molar-refractivity contribution in [3.8, 4) is 11.6 Å². The first-order valence-electron chi connectivity index (χ1n) is 6.26. The summed E-state index contributed by atoms with van der Waals surface area (Å²) in [5, 5.41) is 1.51. The van der Waals surface area contributed by atoms with E-state index in [-0.39, 0.29) is 0 Å². The molecule has 0 amide bonds. The maximum Gasteiger partial charge on any atom is 0.220 e. The summed E-state index contributed by atoms with van der Waals surface area (Å²) in [7, 11) is 0. The van der Waals surface area contributed by atoms with Crippen LogP contribution in [0.4, 0.5) is 0 Å². The molecule has 3 nitrogen and oxygen atoms in total. The summed E-state index contributed by atoms with van der Waals surface area (Å²) < 4.78 is 5.75. The number of aromatic nitrogens is 1. The number of pyridine rings is 1. The number of halogens is 1.